The topological polar surface area (TPSA) is 46.6 Å². The Kier molecular flexibility index (Phi) is 4.10. The summed E-state index contributed by atoms with van der Waals surface area (Å²) in [5.74, 6) is -0.221. The van der Waals surface area contributed by atoms with Gasteiger partial charge in [0.25, 0.3) is 0 Å². The first-order valence-corrected chi connectivity index (χ1v) is 5.53. The third kappa shape index (κ3) is 2.84. The van der Waals surface area contributed by atoms with Gasteiger partial charge in [-0.05, 0) is 19.8 Å². The van der Waals surface area contributed by atoms with Crippen molar-refractivity contribution in [2.75, 3.05) is 19.7 Å². The Hall–Kier alpha value is -1.32. The number of hydrogen-bond donors (Lipinski definition) is 0. The predicted octanol–water partition coefficient (Wildman–Crippen LogP) is 1.36. The first-order valence-electron chi connectivity index (χ1n) is 5.53. The van der Waals surface area contributed by atoms with Gasteiger partial charge in [0.15, 0.2) is 0 Å². The molecule has 0 saturated carbocycles. The molecule has 0 aromatic rings. The van der Waals surface area contributed by atoms with Crippen LogP contribution in [0.1, 0.15) is 26.7 Å². The van der Waals surface area contributed by atoms with Crippen molar-refractivity contribution < 1.29 is 14.3 Å². The lowest BCUT2D eigenvalue weighted by molar-refractivity contribution is -0.158. The first-order chi connectivity index (χ1) is 7.49. The summed E-state index contributed by atoms with van der Waals surface area (Å²) in [4.78, 5) is 24.8. The van der Waals surface area contributed by atoms with E-state index in [-0.39, 0.29) is 18.5 Å². The number of nitrogens with zero attached hydrogens (tertiary/aromatic N) is 1. The molecule has 0 N–H and O–H groups in total. The maximum atomic E-state index is 11.8. The Balaban J connectivity index is 2.64. The Bertz CT molecular complexity index is 301. The van der Waals surface area contributed by atoms with E-state index in [4.69, 9.17) is 4.74 Å². The number of amides is 1. The Morgan fingerprint density at radius 3 is 2.81 bits per heavy atom. The smallest absolute Gasteiger partial charge is 0.313 e. The van der Waals surface area contributed by atoms with Crippen molar-refractivity contribution >= 4 is 11.9 Å². The van der Waals surface area contributed by atoms with Gasteiger partial charge in [-0.1, -0.05) is 12.7 Å². The summed E-state index contributed by atoms with van der Waals surface area (Å²) in [5, 5.41) is 0. The molecule has 0 radical (unpaired) electrons. The molecule has 90 valence electrons. The lowest BCUT2D eigenvalue weighted by Gasteiger charge is -2.38. The Morgan fingerprint density at radius 2 is 2.25 bits per heavy atom. The van der Waals surface area contributed by atoms with E-state index in [2.05, 4.69) is 6.58 Å². The summed E-state index contributed by atoms with van der Waals surface area (Å²) < 4.78 is 5.07. The van der Waals surface area contributed by atoms with Crippen LogP contribution in [-0.2, 0) is 14.3 Å². The van der Waals surface area contributed by atoms with Gasteiger partial charge < -0.3 is 9.64 Å². The van der Waals surface area contributed by atoms with Gasteiger partial charge in [-0.15, -0.1) is 0 Å². The van der Waals surface area contributed by atoms with Crippen LogP contribution in [0.3, 0.4) is 0 Å². The van der Waals surface area contributed by atoms with E-state index in [1.807, 2.05) is 6.92 Å². The fraction of sp³-hybridized carbons (Fsp3) is 0.667. The molecule has 16 heavy (non-hydrogen) atoms. The number of esters is 1. The molecular formula is C12H19NO3. The van der Waals surface area contributed by atoms with E-state index >= 15 is 0 Å². The van der Waals surface area contributed by atoms with E-state index in [1.54, 1.807) is 11.0 Å². The molecule has 0 aromatic carbocycles. The summed E-state index contributed by atoms with van der Waals surface area (Å²) in [6.45, 7) is 8.31. The van der Waals surface area contributed by atoms with Crippen LogP contribution in [-0.4, -0.2) is 36.5 Å². The van der Waals surface area contributed by atoms with Gasteiger partial charge in [0.1, 0.15) is 6.61 Å². The molecule has 1 rings (SSSR count). The third-order valence-electron chi connectivity index (χ3n) is 2.97. The van der Waals surface area contributed by atoms with Crippen LogP contribution < -0.4 is 0 Å². The number of piperidine rings is 1. The van der Waals surface area contributed by atoms with Crippen LogP contribution in [0.25, 0.3) is 0 Å². The molecule has 1 heterocycles. The Labute approximate surface area is 96.3 Å². The number of rotatable bonds is 3. The molecule has 1 fully saturated rings. The molecule has 1 atom stereocenters. The first kappa shape index (κ1) is 12.7. The van der Waals surface area contributed by atoms with Gasteiger partial charge in [-0.25, -0.2) is 0 Å². The van der Waals surface area contributed by atoms with Gasteiger partial charge in [0.2, 0.25) is 5.91 Å². The quantitative estimate of drug-likeness (QED) is 0.538. The van der Waals surface area contributed by atoms with E-state index < -0.39 is 5.41 Å². The monoisotopic (exact) mass is 225 g/mol. The number of carbonyl (C=O) groups is 2. The number of hydrogen-bond acceptors (Lipinski definition) is 3. The highest BCUT2D eigenvalue weighted by Crippen LogP contribution is 2.30. The van der Waals surface area contributed by atoms with Crippen molar-refractivity contribution in [1.29, 1.82) is 0 Å². The van der Waals surface area contributed by atoms with Gasteiger partial charge in [-0.2, -0.15) is 0 Å². The normalized spacial score (nSPS) is 25.0. The SMILES string of the molecule is C=CCOC(=O)C1(C)CCCN(C(C)=O)C1. The van der Waals surface area contributed by atoms with Crippen LogP contribution in [0.15, 0.2) is 12.7 Å². The van der Waals surface area contributed by atoms with E-state index in [1.165, 1.54) is 6.92 Å². The summed E-state index contributed by atoms with van der Waals surface area (Å²) in [6, 6.07) is 0. The number of ether oxygens (including phenoxy) is 1. The van der Waals surface area contributed by atoms with Crippen molar-refractivity contribution in [2.45, 2.75) is 26.7 Å². The van der Waals surface area contributed by atoms with E-state index in [0.29, 0.717) is 6.54 Å². The minimum Gasteiger partial charge on any atom is -0.461 e. The van der Waals surface area contributed by atoms with Crippen LogP contribution >= 0.6 is 0 Å². The van der Waals surface area contributed by atoms with E-state index in [0.717, 1.165) is 19.4 Å². The second kappa shape index (κ2) is 5.14. The fourth-order valence-corrected chi connectivity index (χ4v) is 1.98. The van der Waals surface area contributed by atoms with E-state index in [9.17, 15) is 9.59 Å². The average Bonchev–Trinajstić information content (AvgIpc) is 2.25. The highest BCUT2D eigenvalue weighted by Gasteiger charge is 2.39. The molecule has 1 aliphatic heterocycles. The molecule has 1 aliphatic rings. The molecule has 1 saturated heterocycles. The van der Waals surface area contributed by atoms with Gasteiger partial charge in [-0.3, -0.25) is 9.59 Å². The zero-order chi connectivity index (χ0) is 12.2. The van der Waals surface area contributed by atoms with Crippen LogP contribution in [0, 0.1) is 5.41 Å². The minimum absolute atomic E-state index is 0.0162. The molecular weight excluding hydrogens is 206 g/mol. The molecule has 0 aromatic heterocycles. The van der Waals surface area contributed by atoms with Crippen molar-refractivity contribution in [2.24, 2.45) is 5.41 Å². The molecule has 0 aliphatic carbocycles. The van der Waals surface area contributed by atoms with Crippen LogP contribution in [0.2, 0.25) is 0 Å². The second-order valence-corrected chi connectivity index (χ2v) is 4.49. The maximum absolute atomic E-state index is 11.8. The Morgan fingerprint density at radius 1 is 1.56 bits per heavy atom. The standard InChI is InChI=1S/C12H19NO3/c1-4-8-16-11(15)12(3)6-5-7-13(9-12)10(2)14/h4H,1,5-9H2,2-3H3. The highest BCUT2D eigenvalue weighted by molar-refractivity contribution is 5.79. The molecule has 4 heteroatoms. The van der Waals surface area contributed by atoms with Crippen molar-refractivity contribution in [3.8, 4) is 0 Å². The largest absolute Gasteiger partial charge is 0.461 e. The van der Waals surface area contributed by atoms with Gasteiger partial charge in [0, 0.05) is 20.0 Å². The summed E-state index contributed by atoms with van der Waals surface area (Å²) >= 11 is 0. The number of carbonyl (C=O) groups excluding carboxylic acids is 2. The maximum Gasteiger partial charge on any atom is 0.313 e. The lowest BCUT2D eigenvalue weighted by atomic mass is 9.82. The average molecular weight is 225 g/mol. The van der Waals surface area contributed by atoms with Crippen molar-refractivity contribution in [3.05, 3.63) is 12.7 Å². The van der Waals surface area contributed by atoms with Gasteiger partial charge >= 0.3 is 5.97 Å². The molecule has 0 spiro atoms. The molecule has 4 nitrogen and oxygen atoms in total. The van der Waals surface area contributed by atoms with Crippen molar-refractivity contribution in [3.63, 3.8) is 0 Å². The zero-order valence-electron chi connectivity index (χ0n) is 9.99. The fourth-order valence-electron chi connectivity index (χ4n) is 1.98. The second-order valence-electron chi connectivity index (χ2n) is 4.49. The molecule has 1 amide bonds. The number of likely N-dealkylation sites (tertiary alicyclic amines) is 1. The third-order valence-corrected chi connectivity index (χ3v) is 2.97. The lowest BCUT2D eigenvalue weighted by Crippen LogP contribution is -2.48. The zero-order valence-corrected chi connectivity index (χ0v) is 9.99. The predicted molar refractivity (Wildman–Crippen MR) is 60.8 cm³/mol. The minimum atomic E-state index is -0.563. The van der Waals surface area contributed by atoms with Crippen molar-refractivity contribution in [1.82, 2.24) is 4.90 Å². The van der Waals surface area contributed by atoms with Gasteiger partial charge in [0.05, 0.1) is 5.41 Å². The summed E-state index contributed by atoms with van der Waals surface area (Å²) in [5.41, 5.74) is -0.563. The highest BCUT2D eigenvalue weighted by atomic mass is 16.5. The summed E-state index contributed by atoms with van der Waals surface area (Å²) in [7, 11) is 0. The molecule has 1 unspecified atom stereocenters. The van der Waals surface area contributed by atoms with Crippen LogP contribution in [0.4, 0.5) is 0 Å². The summed E-state index contributed by atoms with van der Waals surface area (Å²) in [6.07, 6.45) is 3.17. The molecule has 0 bridgehead atoms. The van der Waals surface area contributed by atoms with Crippen LogP contribution in [0.5, 0.6) is 0 Å².